The third kappa shape index (κ3) is 4.55. The summed E-state index contributed by atoms with van der Waals surface area (Å²) < 4.78 is 10.9. The lowest BCUT2D eigenvalue weighted by molar-refractivity contribution is -0.139. The Balaban J connectivity index is 1.32. The van der Waals surface area contributed by atoms with Crippen molar-refractivity contribution in [3.05, 3.63) is 71.8 Å². The summed E-state index contributed by atoms with van der Waals surface area (Å²) in [5.74, 6) is -0.451. The van der Waals surface area contributed by atoms with Gasteiger partial charge in [0.25, 0.3) is 0 Å². The molecule has 2 aliphatic rings. The van der Waals surface area contributed by atoms with Crippen LogP contribution >= 0.6 is 0 Å². The van der Waals surface area contributed by atoms with Gasteiger partial charge < -0.3 is 25.2 Å². The molecule has 0 bridgehead atoms. The molecule has 1 fully saturated rings. The Morgan fingerprint density at radius 2 is 1.60 bits per heavy atom. The van der Waals surface area contributed by atoms with Crippen molar-refractivity contribution in [2.45, 2.75) is 31.6 Å². The minimum absolute atomic E-state index is 0.0531. The number of hydrogen-bond donors (Lipinski definition) is 3. The smallest absolute Gasteiger partial charge is 0.312 e. The molecule has 0 atom stereocenters. The van der Waals surface area contributed by atoms with E-state index in [4.69, 9.17) is 14.6 Å². The van der Waals surface area contributed by atoms with Gasteiger partial charge in [-0.25, -0.2) is 0 Å². The number of fused-ring (bicyclic) bond motifs is 1. The second-order valence-corrected chi connectivity index (χ2v) is 8.83. The Kier molecular flexibility index (Phi) is 5.64. The molecule has 0 aromatic heterocycles. The van der Waals surface area contributed by atoms with E-state index in [1.54, 1.807) is 12.1 Å². The van der Waals surface area contributed by atoms with Crippen LogP contribution in [0, 0.1) is 6.92 Å². The maximum absolute atomic E-state index is 13.3. The van der Waals surface area contributed by atoms with Gasteiger partial charge in [0, 0.05) is 11.4 Å². The summed E-state index contributed by atoms with van der Waals surface area (Å²) in [6.45, 7) is 2.18. The standard InChI is InChI=1S/C27H24N2O6/c1-16-2-6-20(13-21(16)17-3-7-19(8-4-17)28-24(30)14-25(31)32)29-26(33)27(10-11-27)18-5-9-22-23(12-18)35-15-34-22/h2-9,12-13H,10-11,14-15H2,1H3,(H,28,30)(H,29,33)(H,31,32). The molecule has 1 saturated carbocycles. The van der Waals surface area contributed by atoms with Crippen LogP contribution in [-0.4, -0.2) is 29.7 Å². The molecule has 0 unspecified atom stereocenters. The van der Waals surface area contributed by atoms with Crippen molar-refractivity contribution in [1.82, 2.24) is 0 Å². The maximum Gasteiger partial charge on any atom is 0.312 e. The first kappa shape index (κ1) is 22.5. The Hall–Kier alpha value is -4.33. The minimum Gasteiger partial charge on any atom is -0.481 e. The molecule has 3 aromatic carbocycles. The molecule has 178 valence electrons. The number of nitrogens with one attached hydrogen (secondary N) is 2. The predicted octanol–water partition coefficient (Wildman–Crippen LogP) is 4.47. The second kappa shape index (κ2) is 8.79. The van der Waals surface area contributed by atoms with Gasteiger partial charge in [0.15, 0.2) is 11.5 Å². The van der Waals surface area contributed by atoms with Crippen molar-refractivity contribution in [1.29, 1.82) is 0 Å². The number of ether oxygens (including phenoxy) is 2. The lowest BCUT2D eigenvalue weighted by atomic mass is 9.94. The summed E-state index contributed by atoms with van der Waals surface area (Å²) in [5, 5.41) is 14.4. The number of aliphatic carboxylic acids is 1. The Labute approximate surface area is 201 Å². The predicted molar refractivity (Wildman–Crippen MR) is 130 cm³/mol. The van der Waals surface area contributed by atoms with Crippen LogP contribution in [-0.2, 0) is 19.8 Å². The fraction of sp³-hybridized carbons (Fsp3) is 0.222. The number of aryl methyl sites for hydroxylation is 1. The van der Waals surface area contributed by atoms with E-state index in [0.717, 1.165) is 35.1 Å². The zero-order valence-corrected chi connectivity index (χ0v) is 19.1. The molecule has 8 nitrogen and oxygen atoms in total. The van der Waals surface area contributed by atoms with E-state index in [1.807, 2.05) is 55.5 Å². The van der Waals surface area contributed by atoms with Crippen LogP contribution in [0.25, 0.3) is 11.1 Å². The molecule has 5 rings (SSSR count). The Morgan fingerprint density at radius 3 is 2.31 bits per heavy atom. The molecule has 0 radical (unpaired) electrons. The summed E-state index contributed by atoms with van der Waals surface area (Å²) in [5.41, 5.74) is 4.45. The number of rotatable bonds is 7. The average molecular weight is 472 g/mol. The minimum atomic E-state index is -1.18. The van der Waals surface area contributed by atoms with Crippen LogP contribution in [0.15, 0.2) is 60.7 Å². The van der Waals surface area contributed by atoms with Gasteiger partial charge in [-0.1, -0.05) is 24.3 Å². The van der Waals surface area contributed by atoms with Crippen molar-refractivity contribution < 1.29 is 29.0 Å². The molecule has 0 saturated heterocycles. The van der Waals surface area contributed by atoms with E-state index in [2.05, 4.69) is 10.6 Å². The van der Waals surface area contributed by atoms with Crippen LogP contribution in [0.2, 0.25) is 0 Å². The average Bonchev–Trinajstić information content (AvgIpc) is 3.51. The van der Waals surface area contributed by atoms with Crippen molar-refractivity contribution in [3.8, 4) is 22.6 Å². The fourth-order valence-corrected chi connectivity index (χ4v) is 4.30. The molecule has 1 aliphatic heterocycles. The van der Waals surface area contributed by atoms with Crippen LogP contribution in [0.4, 0.5) is 11.4 Å². The zero-order chi connectivity index (χ0) is 24.6. The van der Waals surface area contributed by atoms with Crippen molar-refractivity contribution in [2.24, 2.45) is 0 Å². The summed E-state index contributed by atoms with van der Waals surface area (Å²) in [7, 11) is 0. The lowest BCUT2D eigenvalue weighted by Gasteiger charge is -2.17. The first-order chi connectivity index (χ1) is 16.8. The Morgan fingerprint density at radius 1 is 0.886 bits per heavy atom. The van der Waals surface area contributed by atoms with Crippen LogP contribution in [0.5, 0.6) is 11.5 Å². The molecule has 0 spiro atoms. The summed E-state index contributed by atoms with van der Waals surface area (Å²) in [6, 6.07) is 18.6. The normalized spacial score (nSPS) is 14.8. The molecular formula is C27H24N2O6. The molecule has 35 heavy (non-hydrogen) atoms. The third-order valence-corrected chi connectivity index (χ3v) is 6.40. The van der Waals surface area contributed by atoms with Crippen LogP contribution < -0.4 is 20.1 Å². The molecule has 1 aliphatic carbocycles. The maximum atomic E-state index is 13.3. The topological polar surface area (TPSA) is 114 Å². The Bertz CT molecular complexity index is 1330. The number of anilines is 2. The second-order valence-electron chi connectivity index (χ2n) is 8.83. The number of hydrogen-bond acceptors (Lipinski definition) is 5. The number of amides is 2. The lowest BCUT2D eigenvalue weighted by Crippen LogP contribution is -2.27. The molecule has 3 N–H and O–H groups in total. The highest BCUT2D eigenvalue weighted by atomic mass is 16.7. The van der Waals surface area contributed by atoms with Gasteiger partial charge in [-0.05, 0) is 78.4 Å². The SMILES string of the molecule is Cc1ccc(NC(=O)C2(c3ccc4c(c3)OCO4)CC2)cc1-c1ccc(NC(=O)CC(=O)O)cc1. The van der Waals surface area contributed by atoms with E-state index in [9.17, 15) is 14.4 Å². The van der Waals surface area contributed by atoms with Gasteiger partial charge in [-0.3, -0.25) is 14.4 Å². The molecule has 1 heterocycles. The largest absolute Gasteiger partial charge is 0.481 e. The molecule has 3 aromatic rings. The highest BCUT2D eigenvalue weighted by Crippen LogP contribution is 2.51. The van der Waals surface area contributed by atoms with Gasteiger partial charge in [-0.2, -0.15) is 0 Å². The summed E-state index contributed by atoms with van der Waals surface area (Å²) >= 11 is 0. The highest BCUT2D eigenvalue weighted by Gasteiger charge is 2.51. The van der Waals surface area contributed by atoms with E-state index in [-0.39, 0.29) is 12.7 Å². The first-order valence-electron chi connectivity index (χ1n) is 11.3. The van der Waals surface area contributed by atoms with Gasteiger partial charge in [0.05, 0.1) is 5.41 Å². The number of carboxylic acid groups (broad SMARTS) is 1. The molecular weight excluding hydrogens is 448 g/mol. The van der Waals surface area contributed by atoms with Gasteiger partial charge >= 0.3 is 5.97 Å². The van der Waals surface area contributed by atoms with E-state index in [1.165, 1.54) is 0 Å². The summed E-state index contributed by atoms with van der Waals surface area (Å²) in [4.78, 5) is 35.6. The third-order valence-electron chi connectivity index (χ3n) is 6.40. The fourth-order valence-electron chi connectivity index (χ4n) is 4.30. The molecule has 8 heteroatoms. The zero-order valence-electron chi connectivity index (χ0n) is 19.1. The quantitative estimate of drug-likeness (QED) is 0.437. The van der Waals surface area contributed by atoms with Gasteiger partial charge in [-0.15, -0.1) is 0 Å². The van der Waals surface area contributed by atoms with Crippen molar-refractivity contribution >= 4 is 29.2 Å². The molecule has 2 amide bonds. The number of benzene rings is 3. The van der Waals surface area contributed by atoms with Crippen LogP contribution in [0.3, 0.4) is 0 Å². The van der Waals surface area contributed by atoms with E-state index >= 15 is 0 Å². The van der Waals surface area contributed by atoms with Gasteiger partial charge in [0.1, 0.15) is 6.42 Å². The number of carboxylic acids is 1. The van der Waals surface area contributed by atoms with E-state index < -0.39 is 23.7 Å². The van der Waals surface area contributed by atoms with Crippen molar-refractivity contribution in [3.63, 3.8) is 0 Å². The summed E-state index contributed by atoms with van der Waals surface area (Å²) in [6.07, 6.45) is 0.953. The van der Waals surface area contributed by atoms with Gasteiger partial charge in [0.2, 0.25) is 18.6 Å². The number of carbonyl (C=O) groups excluding carboxylic acids is 2. The monoisotopic (exact) mass is 472 g/mol. The van der Waals surface area contributed by atoms with Crippen molar-refractivity contribution in [2.75, 3.05) is 17.4 Å². The van der Waals surface area contributed by atoms with E-state index in [0.29, 0.717) is 22.9 Å². The highest BCUT2D eigenvalue weighted by molar-refractivity contribution is 6.02. The first-order valence-corrected chi connectivity index (χ1v) is 11.3. The van der Waals surface area contributed by atoms with Crippen LogP contribution in [0.1, 0.15) is 30.4 Å². The number of carbonyl (C=O) groups is 3.